The lowest BCUT2D eigenvalue weighted by atomic mass is 9.76. The highest BCUT2D eigenvalue weighted by Crippen LogP contribution is 2.36. The van der Waals surface area contributed by atoms with Crippen LogP contribution in [0.25, 0.3) is 11.0 Å². The molecular weight excluding hydrogens is 546 g/mol. The number of halogens is 1. The van der Waals surface area contributed by atoms with E-state index in [0.29, 0.717) is 38.3 Å². The second-order valence-electron chi connectivity index (χ2n) is 10.1. The van der Waals surface area contributed by atoms with Crippen molar-refractivity contribution < 1.29 is 14.3 Å². The van der Waals surface area contributed by atoms with Crippen LogP contribution in [0.15, 0.2) is 46.1 Å². The third kappa shape index (κ3) is 6.25. The van der Waals surface area contributed by atoms with Crippen LogP contribution in [-0.2, 0) is 14.3 Å². The van der Waals surface area contributed by atoms with Crippen LogP contribution < -0.4 is 5.32 Å². The van der Waals surface area contributed by atoms with Crippen LogP contribution in [-0.4, -0.2) is 56.8 Å². The van der Waals surface area contributed by atoms with Crippen molar-refractivity contribution in [2.75, 3.05) is 18.4 Å². The molecule has 3 unspecified atom stereocenters. The van der Waals surface area contributed by atoms with Gasteiger partial charge in [-0.1, -0.05) is 32.9 Å². The number of nitrogens with one attached hydrogen (secondary N) is 1. The van der Waals surface area contributed by atoms with E-state index in [2.05, 4.69) is 31.2 Å². The minimum atomic E-state index is -0.893. The number of fused-ring (bicyclic) bond motifs is 1. The number of allylic oxidation sites excluding steroid dienone is 2. The Morgan fingerprint density at radius 3 is 2.63 bits per heavy atom. The van der Waals surface area contributed by atoms with Gasteiger partial charge in [0.25, 0.3) is 0 Å². The molecule has 1 aromatic carbocycles. The Kier molecular flexibility index (Phi) is 10.0. The second kappa shape index (κ2) is 12.8. The summed E-state index contributed by atoms with van der Waals surface area (Å²) in [5, 5.41) is 3.42. The molecule has 1 aromatic heterocycles. The van der Waals surface area contributed by atoms with Crippen LogP contribution in [0.3, 0.4) is 0 Å². The Labute approximate surface area is 234 Å². The van der Waals surface area contributed by atoms with Gasteiger partial charge in [0.15, 0.2) is 11.7 Å². The van der Waals surface area contributed by atoms with E-state index in [-0.39, 0.29) is 11.8 Å². The molecule has 8 nitrogen and oxygen atoms in total. The lowest BCUT2D eigenvalue weighted by Gasteiger charge is -2.44. The number of anilines is 1. The molecule has 3 atom stereocenters. The predicted molar refractivity (Wildman–Crippen MR) is 156 cm³/mol. The fraction of sp³-hybridized carbons (Fsp3) is 0.552. The zero-order valence-corrected chi connectivity index (χ0v) is 25.0. The molecule has 1 N–H and O–H groups in total. The molecule has 206 valence electrons. The summed E-state index contributed by atoms with van der Waals surface area (Å²) in [6, 6.07) is 3.83. The molecule has 2 heterocycles. The van der Waals surface area contributed by atoms with Crippen LogP contribution in [0.2, 0.25) is 0 Å². The lowest BCUT2D eigenvalue weighted by Crippen LogP contribution is -2.59. The van der Waals surface area contributed by atoms with Crippen molar-refractivity contribution in [2.24, 2.45) is 10.9 Å². The molecule has 3 rings (SSSR count). The van der Waals surface area contributed by atoms with Crippen molar-refractivity contribution >= 4 is 50.4 Å². The largest absolute Gasteiger partial charge is 0.459 e. The summed E-state index contributed by atoms with van der Waals surface area (Å²) in [6.45, 7) is 12.9. The third-order valence-electron chi connectivity index (χ3n) is 7.83. The molecule has 0 saturated heterocycles. The Balaban J connectivity index is 1.80. The number of guanidine groups is 1. The fourth-order valence-electron chi connectivity index (χ4n) is 4.81. The quantitative estimate of drug-likeness (QED) is 0.177. The van der Waals surface area contributed by atoms with Crippen LogP contribution in [0.4, 0.5) is 5.69 Å². The van der Waals surface area contributed by atoms with Crippen molar-refractivity contribution in [3.8, 4) is 0 Å². The molecule has 0 spiro atoms. The number of aromatic nitrogens is 2. The number of esters is 1. The van der Waals surface area contributed by atoms with Gasteiger partial charge in [-0.3, -0.25) is 24.5 Å². The summed E-state index contributed by atoms with van der Waals surface area (Å²) in [5.41, 5.74) is 0.604. The van der Waals surface area contributed by atoms with E-state index in [1.54, 1.807) is 12.4 Å². The fourth-order valence-corrected chi connectivity index (χ4v) is 5.34. The van der Waals surface area contributed by atoms with Gasteiger partial charge in [-0.2, -0.15) is 0 Å². The standard InChI is InChI=1S/C29H40BrN5O3/c1-7-10-11-12-13-23(36)38-29(6,9-3)20(4)26(37)28(5,8-2)35-19-18-33-27(35)34-21-14-15-22-25(24(21)30)32-17-16-31-22/h7,10,14-17,20H,8-9,11-13,18-19H2,1-6H3,(H,33,34)/b10-7-. The molecule has 2 aromatic rings. The van der Waals surface area contributed by atoms with Crippen LogP contribution in [0.1, 0.15) is 73.6 Å². The van der Waals surface area contributed by atoms with E-state index in [1.807, 2.05) is 70.7 Å². The minimum Gasteiger partial charge on any atom is -0.459 e. The molecule has 1 aliphatic rings. The number of carbonyl (C=O) groups excluding carboxylic acids is 2. The number of aliphatic imine (C=N–C) groups is 1. The van der Waals surface area contributed by atoms with Crippen molar-refractivity contribution in [3.05, 3.63) is 41.2 Å². The molecule has 0 saturated carbocycles. The van der Waals surface area contributed by atoms with E-state index in [9.17, 15) is 9.59 Å². The first-order valence-electron chi connectivity index (χ1n) is 13.5. The number of rotatable bonds is 12. The van der Waals surface area contributed by atoms with Gasteiger partial charge < -0.3 is 15.0 Å². The summed E-state index contributed by atoms with van der Waals surface area (Å²) in [5.74, 6) is -0.0866. The van der Waals surface area contributed by atoms with Gasteiger partial charge in [-0.15, -0.1) is 0 Å². The van der Waals surface area contributed by atoms with E-state index in [1.165, 1.54) is 0 Å². The van der Waals surface area contributed by atoms with Gasteiger partial charge in [0.05, 0.1) is 33.7 Å². The summed E-state index contributed by atoms with van der Waals surface area (Å²) < 4.78 is 6.75. The Bertz CT molecular complexity index is 1220. The van der Waals surface area contributed by atoms with Crippen molar-refractivity contribution in [1.29, 1.82) is 0 Å². The number of ketones is 1. The SMILES string of the molecule is C/C=C\CCCC(=O)OC(C)(CC)C(C)C(=O)C(C)(CC)N1CCN=C1Nc1ccc2nccnc2c1Br. The number of nitrogens with zero attached hydrogens (tertiary/aromatic N) is 4. The van der Waals surface area contributed by atoms with Crippen LogP contribution in [0.5, 0.6) is 0 Å². The zero-order chi connectivity index (χ0) is 27.9. The highest BCUT2D eigenvalue weighted by molar-refractivity contribution is 9.10. The maximum absolute atomic E-state index is 14.2. The molecule has 0 aliphatic carbocycles. The van der Waals surface area contributed by atoms with E-state index >= 15 is 0 Å². The Morgan fingerprint density at radius 1 is 1.21 bits per heavy atom. The smallest absolute Gasteiger partial charge is 0.306 e. The van der Waals surface area contributed by atoms with Gasteiger partial charge in [0, 0.05) is 25.4 Å². The van der Waals surface area contributed by atoms with E-state index in [0.717, 1.165) is 34.0 Å². The number of unbranched alkanes of at least 4 members (excludes halogenated alkanes) is 1. The van der Waals surface area contributed by atoms with Crippen molar-refractivity contribution in [1.82, 2.24) is 14.9 Å². The predicted octanol–water partition coefficient (Wildman–Crippen LogP) is 6.31. The van der Waals surface area contributed by atoms with Crippen LogP contribution >= 0.6 is 15.9 Å². The van der Waals surface area contributed by atoms with Gasteiger partial charge in [0.1, 0.15) is 11.1 Å². The van der Waals surface area contributed by atoms with Gasteiger partial charge in [-0.25, -0.2) is 0 Å². The number of hydrogen-bond donors (Lipinski definition) is 1. The number of benzene rings is 1. The first-order chi connectivity index (χ1) is 18.1. The average Bonchev–Trinajstić information content (AvgIpc) is 3.40. The van der Waals surface area contributed by atoms with E-state index < -0.39 is 17.1 Å². The number of hydrogen-bond acceptors (Lipinski definition) is 8. The number of ether oxygens (including phenoxy) is 1. The van der Waals surface area contributed by atoms with Crippen LogP contribution in [0, 0.1) is 5.92 Å². The molecule has 38 heavy (non-hydrogen) atoms. The normalized spacial score (nSPS) is 17.7. The second-order valence-corrected chi connectivity index (χ2v) is 10.9. The van der Waals surface area contributed by atoms with Crippen molar-refractivity contribution in [3.63, 3.8) is 0 Å². The molecule has 1 aliphatic heterocycles. The monoisotopic (exact) mass is 585 g/mol. The Morgan fingerprint density at radius 2 is 1.95 bits per heavy atom. The topological polar surface area (TPSA) is 96.8 Å². The maximum atomic E-state index is 14.2. The molecule has 0 fully saturated rings. The maximum Gasteiger partial charge on any atom is 0.306 e. The molecular formula is C29H40BrN5O3. The Hall–Kier alpha value is -2.81. The summed E-state index contributed by atoms with van der Waals surface area (Å²) in [6.07, 6.45) is 10.4. The summed E-state index contributed by atoms with van der Waals surface area (Å²) in [4.78, 5) is 42.4. The first kappa shape index (κ1) is 29.7. The molecule has 0 amide bonds. The van der Waals surface area contributed by atoms with Gasteiger partial charge in [0.2, 0.25) is 0 Å². The summed E-state index contributed by atoms with van der Waals surface area (Å²) in [7, 11) is 0. The lowest BCUT2D eigenvalue weighted by molar-refractivity contribution is -0.168. The molecule has 0 bridgehead atoms. The average molecular weight is 587 g/mol. The van der Waals surface area contributed by atoms with Gasteiger partial charge in [-0.05, 0) is 74.5 Å². The number of Topliss-reactive ketones (excluding diaryl/α,β-unsaturated/α-hetero) is 1. The molecule has 0 radical (unpaired) electrons. The highest BCUT2D eigenvalue weighted by atomic mass is 79.9. The van der Waals surface area contributed by atoms with Crippen molar-refractivity contribution in [2.45, 2.75) is 84.8 Å². The zero-order valence-electron chi connectivity index (χ0n) is 23.4. The minimum absolute atomic E-state index is 0.0333. The third-order valence-corrected chi connectivity index (χ3v) is 8.63. The highest BCUT2D eigenvalue weighted by Gasteiger charge is 2.48. The number of carbonyl (C=O) groups is 2. The summed E-state index contributed by atoms with van der Waals surface area (Å²) >= 11 is 3.66. The molecule has 9 heteroatoms. The van der Waals surface area contributed by atoms with Gasteiger partial charge >= 0.3 is 5.97 Å². The first-order valence-corrected chi connectivity index (χ1v) is 14.3. The van der Waals surface area contributed by atoms with E-state index in [4.69, 9.17) is 9.73 Å².